The number of benzene rings is 1. The van der Waals surface area contributed by atoms with E-state index in [1.54, 1.807) is 26.0 Å². The number of nitrogens with zero attached hydrogens (tertiary/aromatic N) is 4. The summed E-state index contributed by atoms with van der Waals surface area (Å²) in [7, 11) is 0. The average molecular weight is 290 g/mol. The Hall–Kier alpha value is -2.77. The topological polar surface area (TPSA) is 100 Å². The molecule has 0 atom stereocenters. The Bertz CT molecular complexity index is 666. The van der Waals surface area contributed by atoms with Crippen LogP contribution >= 0.6 is 0 Å². The Morgan fingerprint density at radius 3 is 2.90 bits per heavy atom. The fourth-order valence-electron chi connectivity index (χ4n) is 1.69. The van der Waals surface area contributed by atoms with E-state index in [-0.39, 0.29) is 18.3 Å². The number of non-ortho nitro benzene ring substituents is 1. The van der Waals surface area contributed by atoms with Gasteiger partial charge in [0.15, 0.2) is 5.82 Å². The van der Waals surface area contributed by atoms with Gasteiger partial charge in [-0.05, 0) is 13.8 Å². The zero-order chi connectivity index (χ0) is 15.4. The third kappa shape index (κ3) is 3.85. The van der Waals surface area contributed by atoms with E-state index in [0.29, 0.717) is 11.4 Å². The van der Waals surface area contributed by atoms with Gasteiger partial charge in [0.05, 0.1) is 11.0 Å². The first kappa shape index (κ1) is 14.6. The van der Waals surface area contributed by atoms with Gasteiger partial charge in [0.2, 0.25) is 0 Å². The molecular formula is C13H14N4O4. The monoisotopic (exact) mass is 290 g/mol. The summed E-state index contributed by atoms with van der Waals surface area (Å²) in [5.74, 6) is -0.100. The maximum absolute atomic E-state index is 11.5. The molecule has 0 fully saturated rings. The lowest BCUT2D eigenvalue weighted by atomic mass is 10.2. The first-order chi connectivity index (χ1) is 9.95. The lowest BCUT2D eigenvalue weighted by Crippen LogP contribution is -2.17. The number of aromatic nitrogens is 3. The van der Waals surface area contributed by atoms with E-state index >= 15 is 0 Å². The van der Waals surface area contributed by atoms with Gasteiger partial charge in [0.1, 0.15) is 12.9 Å². The second-order valence-corrected chi connectivity index (χ2v) is 4.61. The Morgan fingerprint density at radius 2 is 2.24 bits per heavy atom. The summed E-state index contributed by atoms with van der Waals surface area (Å²) in [5, 5.41) is 14.8. The van der Waals surface area contributed by atoms with Crippen molar-refractivity contribution < 1.29 is 14.5 Å². The minimum Gasteiger partial charge on any atom is -0.462 e. The molecule has 110 valence electrons. The molecule has 8 nitrogen and oxygen atoms in total. The van der Waals surface area contributed by atoms with Crippen LogP contribution in [0.3, 0.4) is 0 Å². The van der Waals surface area contributed by atoms with Crippen molar-refractivity contribution in [1.82, 2.24) is 14.8 Å². The van der Waals surface area contributed by atoms with Crippen molar-refractivity contribution in [2.75, 3.05) is 0 Å². The fraction of sp³-hybridized carbons (Fsp3) is 0.308. The van der Waals surface area contributed by atoms with Gasteiger partial charge < -0.3 is 4.74 Å². The molecule has 1 aromatic carbocycles. The molecule has 0 aliphatic rings. The van der Waals surface area contributed by atoms with Crippen molar-refractivity contribution >= 4 is 11.7 Å². The molecule has 0 bridgehead atoms. The van der Waals surface area contributed by atoms with Crippen molar-refractivity contribution in [3.8, 4) is 11.4 Å². The highest BCUT2D eigenvalue weighted by molar-refractivity contribution is 5.69. The van der Waals surface area contributed by atoms with Crippen LogP contribution in [0.25, 0.3) is 11.4 Å². The van der Waals surface area contributed by atoms with Crippen LogP contribution in [0.1, 0.15) is 13.8 Å². The zero-order valence-electron chi connectivity index (χ0n) is 11.6. The molecule has 0 radical (unpaired) electrons. The quantitative estimate of drug-likeness (QED) is 0.473. The minimum absolute atomic E-state index is 0.0388. The summed E-state index contributed by atoms with van der Waals surface area (Å²) in [6, 6.07) is 5.99. The molecule has 2 rings (SSSR count). The summed E-state index contributed by atoms with van der Waals surface area (Å²) in [6.07, 6.45) is 1.19. The van der Waals surface area contributed by atoms with Gasteiger partial charge in [-0.3, -0.25) is 14.9 Å². The third-order valence-corrected chi connectivity index (χ3v) is 2.51. The first-order valence-electron chi connectivity index (χ1n) is 6.29. The number of hydrogen-bond acceptors (Lipinski definition) is 6. The van der Waals surface area contributed by atoms with E-state index in [4.69, 9.17) is 4.74 Å². The molecule has 1 aromatic heterocycles. The Kier molecular flexibility index (Phi) is 4.27. The third-order valence-electron chi connectivity index (χ3n) is 2.51. The summed E-state index contributed by atoms with van der Waals surface area (Å²) in [4.78, 5) is 25.8. The molecule has 21 heavy (non-hydrogen) atoms. The van der Waals surface area contributed by atoms with Crippen LogP contribution in [0.5, 0.6) is 0 Å². The lowest BCUT2D eigenvalue weighted by molar-refractivity contribution is -0.384. The van der Waals surface area contributed by atoms with E-state index in [0.717, 1.165) is 0 Å². The van der Waals surface area contributed by atoms with E-state index in [1.165, 1.54) is 23.1 Å². The number of rotatable bonds is 5. The van der Waals surface area contributed by atoms with E-state index in [1.807, 2.05) is 0 Å². The summed E-state index contributed by atoms with van der Waals surface area (Å²) in [5.41, 5.74) is 0.475. The average Bonchev–Trinajstić information content (AvgIpc) is 2.86. The zero-order valence-corrected chi connectivity index (χ0v) is 11.6. The molecule has 0 N–H and O–H groups in total. The van der Waals surface area contributed by atoms with E-state index in [9.17, 15) is 14.9 Å². The van der Waals surface area contributed by atoms with Gasteiger partial charge in [-0.15, -0.1) is 0 Å². The molecule has 0 aliphatic heterocycles. The van der Waals surface area contributed by atoms with Gasteiger partial charge in [-0.1, -0.05) is 12.1 Å². The predicted molar refractivity (Wildman–Crippen MR) is 73.3 cm³/mol. The molecule has 0 saturated heterocycles. The predicted octanol–water partition coefficient (Wildman–Crippen LogP) is 1.80. The molecule has 8 heteroatoms. The molecule has 0 spiro atoms. The Labute approximate surface area is 120 Å². The summed E-state index contributed by atoms with van der Waals surface area (Å²) < 4.78 is 6.34. The van der Waals surface area contributed by atoms with Crippen molar-refractivity contribution in [3.05, 3.63) is 40.7 Å². The minimum atomic E-state index is -0.486. The van der Waals surface area contributed by atoms with Gasteiger partial charge >= 0.3 is 5.97 Å². The number of carbonyl (C=O) groups is 1. The number of nitro benzene ring substituents is 1. The highest BCUT2D eigenvalue weighted by Crippen LogP contribution is 2.20. The largest absolute Gasteiger partial charge is 0.462 e. The second kappa shape index (κ2) is 6.12. The standard InChI is InChI=1S/C13H14N4O4/c1-9(2)21-12(18)7-16-8-14-13(15-16)10-4-3-5-11(6-10)17(19)20/h3-6,8-9H,7H2,1-2H3. The van der Waals surface area contributed by atoms with Crippen LogP contribution in [-0.4, -0.2) is 31.8 Å². The van der Waals surface area contributed by atoms with E-state index in [2.05, 4.69) is 10.1 Å². The molecule has 1 heterocycles. The van der Waals surface area contributed by atoms with Crippen molar-refractivity contribution in [1.29, 1.82) is 0 Å². The van der Waals surface area contributed by atoms with Gasteiger partial charge in [-0.2, -0.15) is 5.10 Å². The van der Waals surface area contributed by atoms with Crippen molar-refractivity contribution in [3.63, 3.8) is 0 Å². The Morgan fingerprint density at radius 1 is 1.48 bits per heavy atom. The number of carbonyl (C=O) groups excluding carboxylic acids is 1. The highest BCUT2D eigenvalue weighted by atomic mass is 16.6. The molecule has 0 unspecified atom stereocenters. The number of nitro groups is 1. The first-order valence-corrected chi connectivity index (χ1v) is 6.29. The second-order valence-electron chi connectivity index (χ2n) is 4.61. The fourth-order valence-corrected chi connectivity index (χ4v) is 1.69. The lowest BCUT2D eigenvalue weighted by Gasteiger charge is -2.06. The van der Waals surface area contributed by atoms with Crippen LogP contribution in [0.15, 0.2) is 30.6 Å². The summed E-state index contributed by atoms with van der Waals surface area (Å²) >= 11 is 0. The molecule has 0 amide bonds. The van der Waals surface area contributed by atoms with Crippen LogP contribution < -0.4 is 0 Å². The SMILES string of the molecule is CC(C)OC(=O)Cn1cnc(-c2cccc([N+](=O)[O-])c2)n1. The maximum Gasteiger partial charge on any atom is 0.328 e. The molecule has 2 aromatic rings. The highest BCUT2D eigenvalue weighted by Gasteiger charge is 2.12. The normalized spacial score (nSPS) is 10.6. The maximum atomic E-state index is 11.5. The van der Waals surface area contributed by atoms with Gasteiger partial charge in [0.25, 0.3) is 5.69 Å². The van der Waals surface area contributed by atoms with Gasteiger partial charge in [-0.25, -0.2) is 9.67 Å². The van der Waals surface area contributed by atoms with Crippen molar-refractivity contribution in [2.45, 2.75) is 26.5 Å². The molecule has 0 aliphatic carbocycles. The van der Waals surface area contributed by atoms with Gasteiger partial charge in [0, 0.05) is 17.7 Å². The number of esters is 1. The number of hydrogen-bond donors (Lipinski definition) is 0. The smallest absolute Gasteiger partial charge is 0.328 e. The van der Waals surface area contributed by atoms with Crippen LogP contribution in [0.2, 0.25) is 0 Å². The van der Waals surface area contributed by atoms with E-state index < -0.39 is 10.9 Å². The van der Waals surface area contributed by atoms with Crippen LogP contribution in [0.4, 0.5) is 5.69 Å². The van der Waals surface area contributed by atoms with Crippen molar-refractivity contribution in [2.24, 2.45) is 0 Å². The number of ether oxygens (including phenoxy) is 1. The molecule has 0 saturated carbocycles. The molecular weight excluding hydrogens is 276 g/mol. The van der Waals surface area contributed by atoms with Crippen LogP contribution in [-0.2, 0) is 16.1 Å². The Balaban J connectivity index is 2.14. The van der Waals surface area contributed by atoms with Crippen LogP contribution in [0, 0.1) is 10.1 Å². The summed E-state index contributed by atoms with van der Waals surface area (Å²) in [6.45, 7) is 3.46.